The Kier molecular flexibility index (Phi) is 7.55. The summed E-state index contributed by atoms with van der Waals surface area (Å²) in [4.78, 5) is 23.3. The summed E-state index contributed by atoms with van der Waals surface area (Å²) in [5.41, 5.74) is 3.34. The number of rotatable bonds is 8. The van der Waals surface area contributed by atoms with Crippen LogP contribution in [0.1, 0.15) is 21.5 Å². The number of hydrogen-bond acceptors (Lipinski definition) is 4. The zero-order valence-electron chi connectivity index (χ0n) is 16.6. The smallest absolute Gasteiger partial charge is 0.337 e. The van der Waals surface area contributed by atoms with Crippen molar-refractivity contribution < 1.29 is 19.4 Å². The molecule has 3 N–H and O–H groups in total. The molecule has 0 atom stereocenters. The van der Waals surface area contributed by atoms with Crippen LogP contribution in [0.25, 0.3) is 0 Å². The Balaban J connectivity index is 1.63. The van der Waals surface area contributed by atoms with E-state index < -0.39 is 5.97 Å². The number of carboxylic acid groups (broad SMARTS) is 1. The highest BCUT2D eigenvalue weighted by atomic mass is 79.9. The Morgan fingerprint density at radius 2 is 1.74 bits per heavy atom. The summed E-state index contributed by atoms with van der Waals surface area (Å²) in [5.74, 6) is -0.784. The SMILES string of the molecule is Cc1ccc(NC(=O)COc2ccc(Br)cc2CNc2ccc(C(=O)O)c(Cl)c2)cc1. The van der Waals surface area contributed by atoms with E-state index >= 15 is 0 Å². The predicted molar refractivity (Wildman–Crippen MR) is 125 cm³/mol. The van der Waals surface area contributed by atoms with Gasteiger partial charge in [-0.15, -0.1) is 0 Å². The first-order valence-corrected chi connectivity index (χ1v) is 10.5. The summed E-state index contributed by atoms with van der Waals surface area (Å²) in [6.45, 7) is 2.23. The van der Waals surface area contributed by atoms with Gasteiger partial charge in [0.1, 0.15) is 5.75 Å². The summed E-state index contributed by atoms with van der Waals surface area (Å²) in [6.07, 6.45) is 0. The second kappa shape index (κ2) is 10.3. The summed E-state index contributed by atoms with van der Waals surface area (Å²) in [6, 6.07) is 17.6. The molecule has 0 heterocycles. The van der Waals surface area contributed by atoms with Crippen molar-refractivity contribution in [3.63, 3.8) is 0 Å². The zero-order chi connectivity index (χ0) is 22.4. The second-order valence-electron chi connectivity index (χ2n) is 6.81. The van der Waals surface area contributed by atoms with Gasteiger partial charge < -0.3 is 20.5 Å². The second-order valence-corrected chi connectivity index (χ2v) is 8.13. The maximum atomic E-state index is 12.2. The van der Waals surface area contributed by atoms with Gasteiger partial charge in [-0.2, -0.15) is 0 Å². The number of carboxylic acids is 1. The van der Waals surface area contributed by atoms with Crippen molar-refractivity contribution in [2.24, 2.45) is 0 Å². The van der Waals surface area contributed by atoms with Crippen molar-refractivity contribution in [1.82, 2.24) is 0 Å². The van der Waals surface area contributed by atoms with E-state index in [1.807, 2.05) is 43.3 Å². The maximum Gasteiger partial charge on any atom is 0.337 e. The number of nitrogens with one attached hydrogen (secondary N) is 2. The van der Waals surface area contributed by atoms with Crippen molar-refractivity contribution in [1.29, 1.82) is 0 Å². The lowest BCUT2D eigenvalue weighted by Gasteiger charge is -2.14. The largest absolute Gasteiger partial charge is 0.483 e. The lowest BCUT2D eigenvalue weighted by Crippen LogP contribution is -2.20. The average molecular weight is 504 g/mol. The van der Waals surface area contributed by atoms with E-state index in [0.29, 0.717) is 23.7 Å². The van der Waals surface area contributed by atoms with Gasteiger partial charge in [0, 0.05) is 28.0 Å². The molecule has 0 spiro atoms. The molecular formula is C23H20BrClN2O4. The van der Waals surface area contributed by atoms with E-state index in [0.717, 1.165) is 15.6 Å². The van der Waals surface area contributed by atoms with Crippen LogP contribution in [0.4, 0.5) is 11.4 Å². The Labute approximate surface area is 193 Å². The molecule has 0 aliphatic rings. The third-order valence-electron chi connectivity index (χ3n) is 4.40. The monoisotopic (exact) mass is 502 g/mol. The fourth-order valence-electron chi connectivity index (χ4n) is 2.80. The lowest BCUT2D eigenvalue weighted by molar-refractivity contribution is -0.118. The third kappa shape index (κ3) is 6.47. The van der Waals surface area contributed by atoms with Crippen molar-refractivity contribution >= 4 is 50.8 Å². The number of carbonyl (C=O) groups excluding carboxylic acids is 1. The van der Waals surface area contributed by atoms with Crippen LogP contribution in [0.2, 0.25) is 5.02 Å². The zero-order valence-corrected chi connectivity index (χ0v) is 19.0. The van der Waals surface area contributed by atoms with E-state index in [4.69, 9.17) is 21.4 Å². The number of benzene rings is 3. The summed E-state index contributed by atoms with van der Waals surface area (Å²) >= 11 is 9.47. The van der Waals surface area contributed by atoms with Gasteiger partial charge in [0.15, 0.2) is 6.61 Å². The van der Waals surface area contributed by atoms with Gasteiger partial charge >= 0.3 is 5.97 Å². The van der Waals surface area contributed by atoms with E-state index in [1.54, 1.807) is 18.2 Å². The molecule has 0 fully saturated rings. The standard InChI is InChI=1S/C23H20BrClN2O4/c1-14-2-5-17(6-3-14)27-22(28)13-31-21-9-4-16(24)10-15(21)12-26-18-7-8-19(23(29)30)20(25)11-18/h2-11,26H,12-13H2,1H3,(H,27,28)(H,29,30). The molecule has 0 aliphatic heterocycles. The Hall–Kier alpha value is -3.03. The molecule has 0 saturated heterocycles. The minimum absolute atomic E-state index is 0.0401. The molecule has 3 rings (SSSR count). The van der Waals surface area contributed by atoms with Crippen LogP contribution in [-0.4, -0.2) is 23.6 Å². The Morgan fingerprint density at radius 1 is 1.03 bits per heavy atom. The van der Waals surface area contributed by atoms with Crippen molar-refractivity contribution in [2.45, 2.75) is 13.5 Å². The normalized spacial score (nSPS) is 10.4. The molecule has 0 saturated carbocycles. The number of ether oxygens (including phenoxy) is 1. The number of halogens is 2. The van der Waals surface area contributed by atoms with Gasteiger partial charge in [0.05, 0.1) is 10.6 Å². The number of amides is 1. The van der Waals surface area contributed by atoms with Gasteiger partial charge in [-0.25, -0.2) is 4.79 Å². The molecule has 1 amide bonds. The molecule has 0 bridgehead atoms. The van der Waals surface area contributed by atoms with Crippen molar-refractivity contribution in [3.05, 3.63) is 86.8 Å². The summed E-state index contributed by atoms with van der Waals surface area (Å²) < 4.78 is 6.60. The molecule has 0 aromatic heterocycles. The van der Waals surface area contributed by atoms with Crippen LogP contribution in [0, 0.1) is 6.92 Å². The average Bonchev–Trinajstić information content (AvgIpc) is 2.73. The van der Waals surface area contributed by atoms with Crippen LogP contribution in [0.5, 0.6) is 5.75 Å². The number of anilines is 2. The quantitative estimate of drug-likeness (QED) is 0.365. The minimum Gasteiger partial charge on any atom is -0.483 e. The van der Waals surface area contributed by atoms with Gasteiger partial charge in [-0.05, 0) is 55.5 Å². The van der Waals surface area contributed by atoms with E-state index in [1.165, 1.54) is 6.07 Å². The highest BCUT2D eigenvalue weighted by Gasteiger charge is 2.11. The van der Waals surface area contributed by atoms with Crippen LogP contribution in [-0.2, 0) is 11.3 Å². The van der Waals surface area contributed by atoms with Gasteiger partial charge in [-0.3, -0.25) is 4.79 Å². The molecule has 8 heteroatoms. The summed E-state index contributed by atoms with van der Waals surface area (Å²) in [7, 11) is 0. The van der Waals surface area contributed by atoms with Crippen LogP contribution >= 0.6 is 27.5 Å². The Bertz CT molecular complexity index is 1100. The highest BCUT2D eigenvalue weighted by Crippen LogP contribution is 2.26. The molecule has 6 nitrogen and oxygen atoms in total. The molecule has 160 valence electrons. The van der Waals surface area contributed by atoms with E-state index in [-0.39, 0.29) is 23.1 Å². The third-order valence-corrected chi connectivity index (χ3v) is 5.21. The number of aromatic carboxylic acids is 1. The van der Waals surface area contributed by atoms with Crippen LogP contribution in [0.3, 0.4) is 0 Å². The van der Waals surface area contributed by atoms with Crippen molar-refractivity contribution in [3.8, 4) is 5.75 Å². The molecule has 0 unspecified atom stereocenters. The fourth-order valence-corrected chi connectivity index (χ4v) is 3.47. The lowest BCUT2D eigenvalue weighted by atomic mass is 10.1. The van der Waals surface area contributed by atoms with E-state index in [2.05, 4.69) is 26.6 Å². The minimum atomic E-state index is -1.08. The first-order chi connectivity index (χ1) is 14.8. The molecule has 3 aromatic rings. The van der Waals surface area contributed by atoms with E-state index in [9.17, 15) is 9.59 Å². The topological polar surface area (TPSA) is 87.7 Å². The van der Waals surface area contributed by atoms with Crippen LogP contribution < -0.4 is 15.4 Å². The molecular weight excluding hydrogens is 484 g/mol. The van der Waals surface area contributed by atoms with Gasteiger partial charge in [0.25, 0.3) is 5.91 Å². The van der Waals surface area contributed by atoms with Crippen LogP contribution in [0.15, 0.2) is 65.1 Å². The predicted octanol–water partition coefficient (Wildman–Crippen LogP) is 5.74. The number of carbonyl (C=O) groups is 2. The Morgan fingerprint density at radius 3 is 2.42 bits per heavy atom. The molecule has 0 aliphatic carbocycles. The van der Waals surface area contributed by atoms with Gasteiger partial charge in [-0.1, -0.05) is 45.2 Å². The maximum absolute atomic E-state index is 12.2. The molecule has 3 aromatic carbocycles. The van der Waals surface area contributed by atoms with Crippen molar-refractivity contribution in [2.75, 3.05) is 17.2 Å². The first kappa shape index (κ1) is 22.7. The number of hydrogen-bond donors (Lipinski definition) is 3. The first-order valence-electron chi connectivity index (χ1n) is 9.36. The molecule has 31 heavy (non-hydrogen) atoms. The fraction of sp³-hybridized carbons (Fsp3) is 0.130. The number of aryl methyl sites for hydroxylation is 1. The molecule has 0 radical (unpaired) electrons. The summed E-state index contributed by atoms with van der Waals surface area (Å²) in [5, 5.41) is 15.2. The van der Waals surface area contributed by atoms with Gasteiger partial charge in [0.2, 0.25) is 0 Å². The highest BCUT2D eigenvalue weighted by molar-refractivity contribution is 9.10.